The van der Waals surface area contributed by atoms with Crippen molar-refractivity contribution in [1.82, 2.24) is 10.2 Å². The molecule has 1 aromatic heterocycles. The number of carbonyl (C=O) groups is 1. The van der Waals surface area contributed by atoms with Gasteiger partial charge in [-0.3, -0.25) is 14.7 Å². The molecular formula is C22H24N2O6. The lowest BCUT2D eigenvalue weighted by molar-refractivity contribution is -0.140. The van der Waals surface area contributed by atoms with Gasteiger partial charge in [-0.25, -0.2) is 0 Å². The number of aromatic amines is 2. The van der Waals surface area contributed by atoms with Crippen molar-refractivity contribution >= 4 is 5.97 Å². The number of phenolic OH excluding ortho intramolecular Hbond substituents is 1. The first-order chi connectivity index (χ1) is 14.5. The molecule has 0 spiro atoms. The number of rotatable bonds is 8. The van der Waals surface area contributed by atoms with Gasteiger partial charge in [0.15, 0.2) is 11.5 Å². The zero-order valence-electron chi connectivity index (χ0n) is 17.0. The van der Waals surface area contributed by atoms with Gasteiger partial charge in [-0.1, -0.05) is 18.2 Å². The van der Waals surface area contributed by atoms with Gasteiger partial charge in [-0.2, -0.15) is 0 Å². The van der Waals surface area contributed by atoms with Crippen molar-refractivity contribution in [1.29, 1.82) is 0 Å². The predicted octanol–water partition coefficient (Wildman–Crippen LogP) is 2.71. The molecule has 0 aliphatic rings. The SMILES string of the molecule is COC(=O)C[C@H](c1ccc(OC)c(O)c1)c1c(Cc2ccc(OC)cc2)[nH][nH]c1=O. The van der Waals surface area contributed by atoms with E-state index in [1.165, 1.54) is 20.3 Å². The zero-order chi connectivity index (χ0) is 21.7. The topological polar surface area (TPSA) is 114 Å². The number of esters is 1. The van der Waals surface area contributed by atoms with Gasteiger partial charge in [-0.15, -0.1) is 0 Å². The molecule has 0 aliphatic carbocycles. The van der Waals surface area contributed by atoms with E-state index in [1.54, 1.807) is 19.2 Å². The molecule has 3 rings (SSSR count). The molecule has 0 aliphatic heterocycles. The molecule has 0 fully saturated rings. The van der Waals surface area contributed by atoms with Gasteiger partial charge in [0.1, 0.15) is 5.75 Å². The molecule has 1 atom stereocenters. The van der Waals surface area contributed by atoms with Gasteiger partial charge in [0.05, 0.1) is 27.8 Å². The molecule has 30 heavy (non-hydrogen) atoms. The number of aromatic nitrogens is 2. The Morgan fingerprint density at radius 1 is 1.03 bits per heavy atom. The summed E-state index contributed by atoms with van der Waals surface area (Å²) in [6, 6.07) is 12.3. The second-order valence-corrected chi connectivity index (χ2v) is 6.76. The van der Waals surface area contributed by atoms with Gasteiger partial charge in [0.2, 0.25) is 0 Å². The van der Waals surface area contributed by atoms with Crippen LogP contribution in [0.3, 0.4) is 0 Å². The fraction of sp³-hybridized carbons (Fsp3) is 0.273. The van der Waals surface area contributed by atoms with Crippen LogP contribution in [0, 0.1) is 0 Å². The average molecular weight is 412 g/mol. The van der Waals surface area contributed by atoms with E-state index in [9.17, 15) is 14.7 Å². The smallest absolute Gasteiger partial charge is 0.306 e. The number of nitrogens with one attached hydrogen (secondary N) is 2. The number of benzene rings is 2. The highest BCUT2D eigenvalue weighted by Gasteiger charge is 2.26. The van der Waals surface area contributed by atoms with Crippen molar-refractivity contribution in [3.05, 3.63) is 75.2 Å². The Morgan fingerprint density at radius 2 is 1.77 bits per heavy atom. The normalized spacial score (nSPS) is 11.7. The fourth-order valence-electron chi connectivity index (χ4n) is 3.42. The minimum atomic E-state index is -0.613. The maximum atomic E-state index is 12.7. The first-order valence-corrected chi connectivity index (χ1v) is 9.32. The minimum Gasteiger partial charge on any atom is -0.504 e. The summed E-state index contributed by atoms with van der Waals surface area (Å²) in [6.07, 6.45) is 0.386. The van der Waals surface area contributed by atoms with Gasteiger partial charge < -0.3 is 24.4 Å². The van der Waals surface area contributed by atoms with Crippen molar-refractivity contribution < 1.29 is 24.1 Å². The van der Waals surface area contributed by atoms with Crippen molar-refractivity contribution in [2.45, 2.75) is 18.8 Å². The molecular weight excluding hydrogens is 388 g/mol. The van der Waals surface area contributed by atoms with E-state index >= 15 is 0 Å². The Bertz CT molecular complexity index is 1070. The first kappa shape index (κ1) is 21.0. The summed E-state index contributed by atoms with van der Waals surface area (Å²) >= 11 is 0. The summed E-state index contributed by atoms with van der Waals surface area (Å²) in [7, 11) is 4.34. The fourth-order valence-corrected chi connectivity index (χ4v) is 3.42. The number of hydrogen-bond acceptors (Lipinski definition) is 6. The van der Waals surface area contributed by atoms with Crippen LogP contribution in [-0.4, -0.2) is 42.6 Å². The third kappa shape index (κ3) is 4.48. The Morgan fingerprint density at radius 3 is 2.37 bits per heavy atom. The summed E-state index contributed by atoms with van der Waals surface area (Å²) in [6.45, 7) is 0. The molecule has 0 amide bonds. The summed E-state index contributed by atoms with van der Waals surface area (Å²) < 4.78 is 15.1. The van der Waals surface area contributed by atoms with Crippen LogP contribution in [0.4, 0.5) is 0 Å². The summed E-state index contributed by atoms with van der Waals surface area (Å²) in [5, 5.41) is 15.7. The standard InChI is InChI=1S/C22H24N2O6/c1-28-15-7-4-13(5-8-15)10-17-21(22(27)24-23-17)16(12-20(26)30-3)14-6-9-19(29-2)18(25)11-14/h4-9,11,16,25H,10,12H2,1-3H3,(H2,23,24,27)/t16-/m1/s1. The molecule has 3 N–H and O–H groups in total. The minimum absolute atomic E-state index is 0.0567. The van der Waals surface area contributed by atoms with Gasteiger partial charge in [-0.05, 0) is 35.4 Å². The zero-order valence-corrected chi connectivity index (χ0v) is 17.0. The van der Waals surface area contributed by atoms with Crippen LogP contribution < -0.4 is 15.0 Å². The van der Waals surface area contributed by atoms with Crippen LogP contribution in [0.5, 0.6) is 17.2 Å². The molecule has 158 valence electrons. The van der Waals surface area contributed by atoms with E-state index in [-0.39, 0.29) is 17.7 Å². The van der Waals surface area contributed by atoms with Crippen LogP contribution in [0.2, 0.25) is 0 Å². The third-order valence-corrected chi connectivity index (χ3v) is 4.99. The molecule has 0 radical (unpaired) electrons. The molecule has 2 aromatic carbocycles. The Kier molecular flexibility index (Phi) is 6.46. The molecule has 1 heterocycles. The van der Waals surface area contributed by atoms with E-state index < -0.39 is 11.9 Å². The Hall–Kier alpha value is -3.68. The quantitative estimate of drug-likeness (QED) is 0.490. The molecule has 3 aromatic rings. The highest BCUT2D eigenvalue weighted by atomic mass is 16.5. The largest absolute Gasteiger partial charge is 0.504 e. The lowest BCUT2D eigenvalue weighted by Crippen LogP contribution is -2.18. The van der Waals surface area contributed by atoms with Gasteiger partial charge in [0.25, 0.3) is 5.56 Å². The predicted molar refractivity (Wildman–Crippen MR) is 110 cm³/mol. The molecule has 8 heteroatoms. The highest BCUT2D eigenvalue weighted by Crippen LogP contribution is 2.35. The number of H-pyrrole nitrogens is 2. The maximum Gasteiger partial charge on any atom is 0.306 e. The third-order valence-electron chi connectivity index (χ3n) is 4.99. The monoisotopic (exact) mass is 412 g/mol. The van der Waals surface area contributed by atoms with E-state index in [4.69, 9.17) is 14.2 Å². The van der Waals surface area contributed by atoms with E-state index in [0.717, 1.165) is 11.3 Å². The van der Waals surface area contributed by atoms with Gasteiger partial charge >= 0.3 is 5.97 Å². The maximum absolute atomic E-state index is 12.7. The summed E-state index contributed by atoms with van der Waals surface area (Å²) in [5.74, 6) is -0.117. The molecule has 0 saturated heterocycles. The number of carbonyl (C=O) groups excluding carboxylic acids is 1. The van der Waals surface area contributed by atoms with Crippen LogP contribution in [0.15, 0.2) is 47.3 Å². The van der Waals surface area contributed by atoms with Crippen LogP contribution in [0.25, 0.3) is 0 Å². The van der Waals surface area contributed by atoms with E-state index in [0.29, 0.717) is 29.0 Å². The van der Waals surface area contributed by atoms with Crippen molar-refractivity contribution in [2.75, 3.05) is 21.3 Å². The number of phenols is 1. The highest BCUT2D eigenvalue weighted by molar-refractivity contribution is 5.71. The van der Waals surface area contributed by atoms with E-state index in [2.05, 4.69) is 10.2 Å². The number of hydrogen-bond donors (Lipinski definition) is 3. The number of aromatic hydroxyl groups is 1. The lowest BCUT2D eigenvalue weighted by Gasteiger charge is -2.17. The van der Waals surface area contributed by atoms with Crippen molar-refractivity contribution in [3.63, 3.8) is 0 Å². The van der Waals surface area contributed by atoms with Crippen molar-refractivity contribution in [2.24, 2.45) is 0 Å². The Labute approximate surface area is 173 Å². The van der Waals surface area contributed by atoms with Crippen LogP contribution in [0.1, 0.15) is 34.7 Å². The summed E-state index contributed by atoms with van der Waals surface area (Å²) in [5.41, 5.74) is 2.29. The Balaban J connectivity index is 2.02. The van der Waals surface area contributed by atoms with Crippen LogP contribution >= 0.6 is 0 Å². The second-order valence-electron chi connectivity index (χ2n) is 6.76. The summed E-state index contributed by atoms with van der Waals surface area (Å²) in [4.78, 5) is 24.8. The van der Waals surface area contributed by atoms with E-state index in [1.807, 2.05) is 24.3 Å². The van der Waals surface area contributed by atoms with Crippen LogP contribution in [-0.2, 0) is 16.0 Å². The van der Waals surface area contributed by atoms with Crippen molar-refractivity contribution in [3.8, 4) is 17.2 Å². The lowest BCUT2D eigenvalue weighted by atomic mass is 9.87. The second kappa shape index (κ2) is 9.21. The van der Waals surface area contributed by atoms with Gasteiger partial charge in [0, 0.05) is 23.6 Å². The molecule has 8 nitrogen and oxygen atoms in total. The average Bonchev–Trinajstić information content (AvgIpc) is 3.12. The first-order valence-electron chi connectivity index (χ1n) is 9.32. The molecule has 0 saturated carbocycles. The number of methoxy groups -OCH3 is 3. The molecule has 0 bridgehead atoms. The molecule has 0 unspecified atom stereocenters. The number of ether oxygens (including phenoxy) is 3.